The summed E-state index contributed by atoms with van der Waals surface area (Å²) in [6.45, 7) is 0. The first-order valence-corrected chi connectivity index (χ1v) is 5.28. The molecule has 0 aromatic heterocycles. The minimum Gasteiger partial charge on any atom is -0.399 e. The highest BCUT2D eigenvalue weighted by Gasteiger charge is 2.07. The number of nitrogens with two attached hydrogens (primary N) is 1. The molecule has 3 heteroatoms. The number of carbonyl (C=O) groups excluding carboxylic acids is 1. The van der Waals surface area contributed by atoms with Gasteiger partial charge >= 0.3 is 0 Å². The van der Waals surface area contributed by atoms with Crippen LogP contribution >= 0.6 is 0 Å². The van der Waals surface area contributed by atoms with Gasteiger partial charge in [-0.1, -0.05) is 24.3 Å². The Bertz CT molecular complexity index is 534. The molecule has 0 bridgehead atoms. The summed E-state index contributed by atoms with van der Waals surface area (Å²) in [7, 11) is 0. The van der Waals surface area contributed by atoms with Gasteiger partial charge in [-0.2, -0.15) is 0 Å². The Hall–Kier alpha value is -2.16. The van der Waals surface area contributed by atoms with Crippen molar-refractivity contribution in [2.24, 2.45) is 0 Å². The van der Waals surface area contributed by atoms with Crippen molar-refractivity contribution >= 4 is 11.5 Å². The quantitative estimate of drug-likeness (QED) is 0.649. The van der Waals surface area contributed by atoms with E-state index in [4.69, 9.17) is 5.73 Å². The van der Waals surface area contributed by atoms with E-state index in [0.29, 0.717) is 11.3 Å². The van der Waals surface area contributed by atoms with Crippen molar-refractivity contribution in [3.8, 4) is 0 Å². The smallest absolute Gasteiger partial charge is 0.167 e. The molecule has 0 saturated heterocycles. The second-order valence-electron chi connectivity index (χ2n) is 3.85. The van der Waals surface area contributed by atoms with Gasteiger partial charge in [-0.05, 0) is 29.8 Å². The fourth-order valence-corrected chi connectivity index (χ4v) is 1.58. The van der Waals surface area contributed by atoms with Crippen LogP contribution in [0.4, 0.5) is 10.1 Å². The lowest BCUT2D eigenvalue weighted by atomic mass is 10.0. The number of benzene rings is 2. The van der Waals surface area contributed by atoms with Gasteiger partial charge in [0.15, 0.2) is 5.78 Å². The van der Waals surface area contributed by atoms with Crippen LogP contribution in [0.1, 0.15) is 15.9 Å². The Labute approximate surface area is 98.9 Å². The van der Waals surface area contributed by atoms with Gasteiger partial charge in [-0.15, -0.1) is 0 Å². The Morgan fingerprint density at radius 2 is 1.82 bits per heavy atom. The fourth-order valence-electron chi connectivity index (χ4n) is 1.58. The van der Waals surface area contributed by atoms with Crippen molar-refractivity contribution in [2.45, 2.75) is 6.42 Å². The molecule has 0 aliphatic rings. The van der Waals surface area contributed by atoms with E-state index < -0.39 is 5.82 Å². The molecule has 0 fully saturated rings. The van der Waals surface area contributed by atoms with Gasteiger partial charge in [-0.25, -0.2) is 4.39 Å². The van der Waals surface area contributed by atoms with Gasteiger partial charge in [0.1, 0.15) is 5.82 Å². The number of Topliss-reactive ketones (excluding diaryl/α,β-unsaturated/α-hetero) is 1. The van der Waals surface area contributed by atoms with Crippen LogP contribution in [0.5, 0.6) is 0 Å². The molecular weight excluding hydrogens is 217 g/mol. The van der Waals surface area contributed by atoms with Crippen LogP contribution in [0.25, 0.3) is 0 Å². The monoisotopic (exact) mass is 229 g/mol. The molecule has 0 saturated carbocycles. The van der Waals surface area contributed by atoms with Crippen LogP contribution in [0.15, 0.2) is 48.5 Å². The van der Waals surface area contributed by atoms with Gasteiger partial charge in [0.05, 0.1) is 0 Å². The lowest BCUT2D eigenvalue weighted by Gasteiger charge is -2.02. The number of anilines is 1. The molecule has 2 aromatic carbocycles. The van der Waals surface area contributed by atoms with Crippen molar-refractivity contribution in [2.75, 3.05) is 5.73 Å². The first kappa shape index (κ1) is 11.3. The van der Waals surface area contributed by atoms with E-state index in [0.717, 1.165) is 5.56 Å². The average Bonchev–Trinajstić information content (AvgIpc) is 2.32. The van der Waals surface area contributed by atoms with Crippen LogP contribution < -0.4 is 5.73 Å². The van der Waals surface area contributed by atoms with Crippen LogP contribution in [0, 0.1) is 5.82 Å². The summed E-state index contributed by atoms with van der Waals surface area (Å²) in [6, 6.07) is 12.8. The summed E-state index contributed by atoms with van der Waals surface area (Å²) in [5.74, 6) is -0.498. The molecule has 2 aromatic rings. The van der Waals surface area contributed by atoms with Crippen LogP contribution in [0.3, 0.4) is 0 Å². The first-order valence-electron chi connectivity index (χ1n) is 5.28. The third-order valence-corrected chi connectivity index (χ3v) is 2.49. The average molecular weight is 229 g/mol. The van der Waals surface area contributed by atoms with E-state index in [9.17, 15) is 9.18 Å². The summed E-state index contributed by atoms with van der Waals surface area (Å²) in [6.07, 6.45) is 0.254. The number of ketones is 1. The first-order chi connectivity index (χ1) is 8.15. The van der Waals surface area contributed by atoms with Crippen molar-refractivity contribution in [3.05, 3.63) is 65.5 Å². The molecule has 0 atom stereocenters. The summed E-state index contributed by atoms with van der Waals surface area (Å²) < 4.78 is 13.0. The Morgan fingerprint density at radius 1 is 1.12 bits per heavy atom. The highest BCUT2D eigenvalue weighted by molar-refractivity contribution is 5.97. The number of halogens is 1. The lowest BCUT2D eigenvalue weighted by molar-refractivity contribution is 0.0992. The number of rotatable bonds is 3. The van der Waals surface area contributed by atoms with Gasteiger partial charge in [0.2, 0.25) is 0 Å². The van der Waals surface area contributed by atoms with Crippen LogP contribution in [-0.4, -0.2) is 5.78 Å². The molecule has 86 valence electrons. The maximum atomic E-state index is 13.0. The molecule has 0 radical (unpaired) electrons. The zero-order valence-corrected chi connectivity index (χ0v) is 9.19. The number of carbonyl (C=O) groups is 1. The largest absolute Gasteiger partial charge is 0.399 e. The van der Waals surface area contributed by atoms with E-state index in [1.165, 1.54) is 18.2 Å². The lowest BCUT2D eigenvalue weighted by Crippen LogP contribution is -2.03. The number of hydrogen-bond acceptors (Lipinski definition) is 2. The third-order valence-electron chi connectivity index (χ3n) is 2.49. The van der Waals surface area contributed by atoms with E-state index in [2.05, 4.69) is 0 Å². The molecule has 0 amide bonds. The normalized spacial score (nSPS) is 10.2. The van der Waals surface area contributed by atoms with Crippen molar-refractivity contribution < 1.29 is 9.18 Å². The van der Waals surface area contributed by atoms with Crippen molar-refractivity contribution in [3.63, 3.8) is 0 Å². The number of nitrogen functional groups attached to an aromatic ring is 1. The topological polar surface area (TPSA) is 43.1 Å². The molecule has 0 heterocycles. The zero-order valence-electron chi connectivity index (χ0n) is 9.19. The third kappa shape index (κ3) is 2.91. The highest BCUT2D eigenvalue weighted by atomic mass is 19.1. The van der Waals surface area contributed by atoms with Crippen LogP contribution in [-0.2, 0) is 6.42 Å². The summed E-state index contributed by atoms with van der Waals surface area (Å²) >= 11 is 0. The summed E-state index contributed by atoms with van der Waals surface area (Å²) in [5, 5.41) is 0. The van der Waals surface area contributed by atoms with Crippen molar-refractivity contribution in [1.82, 2.24) is 0 Å². The van der Waals surface area contributed by atoms with Crippen LogP contribution in [0.2, 0.25) is 0 Å². The summed E-state index contributed by atoms with van der Waals surface area (Å²) in [4.78, 5) is 11.9. The fraction of sp³-hybridized carbons (Fsp3) is 0.0714. The van der Waals surface area contributed by atoms with Crippen molar-refractivity contribution in [1.29, 1.82) is 0 Å². The van der Waals surface area contributed by atoms with Gasteiger partial charge < -0.3 is 5.73 Å². The molecule has 2 nitrogen and oxygen atoms in total. The van der Waals surface area contributed by atoms with Gasteiger partial charge in [0, 0.05) is 17.7 Å². The van der Waals surface area contributed by atoms with E-state index in [-0.39, 0.29) is 12.2 Å². The van der Waals surface area contributed by atoms with E-state index >= 15 is 0 Å². The predicted molar refractivity (Wildman–Crippen MR) is 65.3 cm³/mol. The van der Waals surface area contributed by atoms with Gasteiger partial charge in [-0.3, -0.25) is 4.79 Å². The molecule has 2 N–H and O–H groups in total. The van der Waals surface area contributed by atoms with Gasteiger partial charge in [0.25, 0.3) is 0 Å². The van der Waals surface area contributed by atoms with E-state index in [1.807, 2.05) is 0 Å². The maximum Gasteiger partial charge on any atom is 0.167 e. The minimum absolute atomic E-state index is 0.103. The Morgan fingerprint density at radius 3 is 2.47 bits per heavy atom. The summed E-state index contributed by atoms with van der Waals surface area (Å²) in [5.41, 5.74) is 7.47. The standard InChI is InChI=1S/C14H12FNO/c15-12-3-1-2-11(9-12)14(17)8-10-4-6-13(16)7-5-10/h1-7,9H,8,16H2. The predicted octanol–water partition coefficient (Wildman–Crippen LogP) is 2.83. The minimum atomic E-state index is -0.395. The number of hydrogen-bond donors (Lipinski definition) is 1. The zero-order chi connectivity index (χ0) is 12.3. The molecular formula is C14H12FNO. The highest BCUT2D eigenvalue weighted by Crippen LogP contribution is 2.11. The molecule has 0 spiro atoms. The SMILES string of the molecule is Nc1ccc(CC(=O)c2cccc(F)c2)cc1. The second-order valence-corrected chi connectivity index (χ2v) is 3.85. The second kappa shape index (κ2) is 4.78. The Balaban J connectivity index is 2.14. The molecule has 0 aliphatic carbocycles. The molecule has 2 rings (SSSR count). The maximum absolute atomic E-state index is 13.0. The molecule has 0 unspecified atom stereocenters. The molecule has 17 heavy (non-hydrogen) atoms. The Kier molecular flexibility index (Phi) is 3.19. The molecule has 0 aliphatic heterocycles. The van der Waals surface area contributed by atoms with E-state index in [1.54, 1.807) is 30.3 Å².